The molecule has 1 aromatic carbocycles. The van der Waals surface area contributed by atoms with Crippen LogP contribution in [0, 0.1) is 6.92 Å². The number of aryl methyl sites for hydroxylation is 2. The van der Waals surface area contributed by atoms with Crippen LogP contribution in [0.5, 0.6) is 0 Å². The van der Waals surface area contributed by atoms with Crippen LogP contribution in [0.4, 0.5) is 32.0 Å². The maximum absolute atomic E-state index is 11.8. The van der Waals surface area contributed by atoms with E-state index in [-0.39, 0.29) is 5.75 Å². The Labute approximate surface area is 245 Å². The average Bonchev–Trinajstić information content (AvgIpc) is 3.51. The largest absolute Gasteiger partial charge is 0.490 e. The van der Waals surface area contributed by atoms with Gasteiger partial charge in [0.25, 0.3) is 5.89 Å². The second-order valence-corrected chi connectivity index (χ2v) is 10.7. The number of carboxylic acid groups (broad SMARTS) is 2. The van der Waals surface area contributed by atoms with Crippen molar-refractivity contribution >= 4 is 38.7 Å². The SMILES string of the molecule is CCCc1nc(-c2nc3ccc(-c4cncc(NS(=O)(=O)CC)c4)cc3o2)[nH]c1C.O=C(O)C(F)(F)F.O=C(O)C(F)(F)F. The first-order chi connectivity index (χ1) is 20.3. The molecule has 44 heavy (non-hydrogen) atoms. The van der Waals surface area contributed by atoms with E-state index in [2.05, 4.69) is 31.6 Å². The van der Waals surface area contributed by atoms with Crippen LogP contribution in [0.15, 0.2) is 41.1 Å². The molecule has 0 amide bonds. The van der Waals surface area contributed by atoms with Crippen LogP contribution in [-0.2, 0) is 26.0 Å². The molecule has 240 valence electrons. The number of hydrogen-bond donors (Lipinski definition) is 4. The number of anilines is 1. The number of alkyl halides is 6. The van der Waals surface area contributed by atoms with Gasteiger partial charge < -0.3 is 19.6 Å². The number of pyridine rings is 1. The van der Waals surface area contributed by atoms with Crippen LogP contribution in [0.2, 0.25) is 0 Å². The van der Waals surface area contributed by atoms with E-state index in [0.717, 1.165) is 40.9 Å². The third-order valence-electron chi connectivity index (χ3n) is 5.27. The monoisotopic (exact) mass is 653 g/mol. The number of halogens is 6. The second kappa shape index (κ2) is 14.2. The van der Waals surface area contributed by atoms with E-state index in [0.29, 0.717) is 23.0 Å². The minimum atomic E-state index is -5.08. The van der Waals surface area contributed by atoms with E-state index in [4.69, 9.17) is 24.2 Å². The lowest BCUT2D eigenvalue weighted by atomic mass is 10.1. The fraction of sp³-hybridized carbons (Fsp3) is 0.320. The summed E-state index contributed by atoms with van der Waals surface area (Å²) < 4.78 is 95.6. The molecule has 0 aliphatic carbocycles. The molecule has 3 heterocycles. The average molecular weight is 654 g/mol. The molecule has 0 aliphatic heterocycles. The molecule has 0 aliphatic rings. The van der Waals surface area contributed by atoms with Gasteiger partial charge in [0, 0.05) is 17.5 Å². The molecule has 0 atom stereocenters. The van der Waals surface area contributed by atoms with Crippen molar-refractivity contribution in [1.82, 2.24) is 19.9 Å². The number of aromatic nitrogens is 4. The molecule has 0 fully saturated rings. The fourth-order valence-electron chi connectivity index (χ4n) is 3.19. The topological polar surface area (TPSA) is 188 Å². The second-order valence-electron chi connectivity index (χ2n) is 8.68. The highest BCUT2D eigenvalue weighted by Gasteiger charge is 2.38. The van der Waals surface area contributed by atoms with E-state index in [1.54, 1.807) is 19.2 Å². The summed E-state index contributed by atoms with van der Waals surface area (Å²) in [5, 5.41) is 14.2. The Morgan fingerprint density at radius 1 is 0.955 bits per heavy atom. The number of rotatable bonds is 7. The molecule has 0 saturated heterocycles. The van der Waals surface area contributed by atoms with E-state index < -0.39 is 34.3 Å². The molecule has 0 radical (unpaired) electrons. The predicted octanol–water partition coefficient (Wildman–Crippen LogP) is 5.57. The van der Waals surface area contributed by atoms with Crippen molar-refractivity contribution in [2.24, 2.45) is 0 Å². The third-order valence-corrected chi connectivity index (χ3v) is 6.58. The standard InChI is InChI=1S/C21H23N5O3S.2C2HF3O2/c1-4-6-17-13(3)23-20(24-17)21-25-18-8-7-14(10-19(18)29-21)15-9-16(12-22-11-15)26-30(27,28)5-2;2*3-2(4,5)1(6)7/h7-12,26H,4-6H2,1-3H3,(H,23,24);2*(H,6,7). The number of hydrogen-bond acceptors (Lipinski definition) is 8. The van der Waals surface area contributed by atoms with Gasteiger partial charge in [-0.05, 0) is 44.0 Å². The fourth-order valence-corrected chi connectivity index (χ4v) is 3.80. The summed E-state index contributed by atoms with van der Waals surface area (Å²) >= 11 is 0. The Morgan fingerprint density at radius 2 is 1.55 bits per heavy atom. The van der Waals surface area contributed by atoms with Gasteiger partial charge in [0.05, 0.1) is 23.3 Å². The van der Waals surface area contributed by atoms with Crippen molar-refractivity contribution < 1.29 is 59.0 Å². The van der Waals surface area contributed by atoms with Crippen LogP contribution in [0.3, 0.4) is 0 Å². The number of H-pyrrole nitrogens is 1. The number of fused-ring (bicyclic) bond motifs is 1. The molecule has 0 bridgehead atoms. The highest BCUT2D eigenvalue weighted by atomic mass is 32.2. The van der Waals surface area contributed by atoms with Crippen molar-refractivity contribution in [3.8, 4) is 22.8 Å². The van der Waals surface area contributed by atoms with E-state index in [1.807, 2.05) is 25.1 Å². The molecule has 0 spiro atoms. The number of benzene rings is 1. The van der Waals surface area contributed by atoms with Gasteiger partial charge in [-0.15, -0.1) is 0 Å². The summed E-state index contributed by atoms with van der Waals surface area (Å²) in [7, 11) is -3.37. The normalized spacial score (nSPS) is 11.7. The zero-order chi connectivity index (χ0) is 33.5. The lowest BCUT2D eigenvalue weighted by Crippen LogP contribution is -2.21. The lowest BCUT2D eigenvalue weighted by Gasteiger charge is -2.07. The number of aromatic amines is 1. The van der Waals surface area contributed by atoms with Crippen molar-refractivity contribution in [3.63, 3.8) is 0 Å². The summed E-state index contributed by atoms with van der Waals surface area (Å²) in [6, 6.07) is 7.37. The maximum Gasteiger partial charge on any atom is 0.490 e. The Balaban J connectivity index is 0.000000402. The van der Waals surface area contributed by atoms with Crippen molar-refractivity contribution in [3.05, 3.63) is 48.0 Å². The van der Waals surface area contributed by atoms with Crippen LogP contribution < -0.4 is 4.72 Å². The molecule has 4 aromatic rings. The first-order valence-electron chi connectivity index (χ1n) is 12.3. The third kappa shape index (κ3) is 10.2. The van der Waals surface area contributed by atoms with Crippen LogP contribution >= 0.6 is 0 Å². The molecule has 0 unspecified atom stereocenters. The van der Waals surface area contributed by atoms with Crippen LogP contribution in [0.25, 0.3) is 33.9 Å². The number of nitrogens with zero attached hydrogens (tertiary/aromatic N) is 3. The highest BCUT2D eigenvalue weighted by molar-refractivity contribution is 7.92. The zero-order valence-corrected chi connectivity index (χ0v) is 23.9. The van der Waals surface area contributed by atoms with Gasteiger partial charge in [0.2, 0.25) is 10.0 Å². The maximum atomic E-state index is 11.8. The van der Waals surface area contributed by atoms with Gasteiger partial charge in [-0.1, -0.05) is 19.4 Å². The minimum Gasteiger partial charge on any atom is -0.475 e. The van der Waals surface area contributed by atoms with Gasteiger partial charge in [-0.25, -0.2) is 28.0 Å². The summed E-state index contributed by atoms with van der Waals surface area (Å²) in [5.74, 6) is -4.46. The molecule has 12 nitrogen and oxygen atoms in total. The Hall–Kier alpha value is -4.68. The first kappa shape index (κ1) is 35.5. The van der Waals surface area contributed by atoms with Crippen LogP contribution in [0.1, 0.15) is 31.7 Å². The number of carbonyl (C=O) groups is 2. The van der Waals surface area contributed by atoms with E-state index >= 15 is 0 Å². The molecule has 19 heteroatoms. The summed E-state index contributed by atoms with van der Waals surface area (Å²) in [4.78, 5) is 34.3. The minimum absolute atomic E-state index is 0.00372. The zero-order valence-electron chi connectivity index (χ0n) is 23.0. The predicted molar refractivity (Wildman–Crippen MR) is 144 cm³/mol. The number of oxazole rings is 1. The molecule has 4 rings (SSSR count). The van der Waals surface area contributed by atoms with Crippen molar-refractivity contribution in [2.45, 2.75) is 46.0 Å². The number of imidazole rings is 1. The quantitative estimate of drug-likeness (QED) is 0.184. The molecule has 0 saturated carbocycles. The number of nitrogens with one attached hydrogen (secondary N) is 2. The molecular weight excluding hydrogens is 628 g/mol. The highest BCUT2D eigenvalue weighted by Crippen LogP contribution is 2.29. The molecule has 4 N–H and O–H groups in total. The van der Waals surface area contributed by atoms with Crippen LogP contribution in [-0.4, -0.2) is 68.6 Å². The van der Waals surface area contributed by atoms with Gasteiger partial charge in [0.1, 0.15) is 5.52 Å². The number of carboxylic acids is 2. The van der Waals surface area contributed by atoms with E-state index in [1.165, 1.54) is 6.20 Å². The van der Waals surface area contributed by atoms with E-state index in [9.17, 15) is 34.8 Å². The summed E-state index contributed by atoms with van der Waals surface area (Å²) in [6.07, 6.45) is -5.09. The van der Waals surface area contributed by atoms with Gasteiger partial charge in [-0.3, -0.25) is 9.71 Å². The number of aliphatic carboxylic acids is 2. The Kier molecular flexibility index (Phi) is 11.5. The lowest BCUT2D eigenvalue weighted by molar-refractivity contribution is -0.193. The Bertz CT molecular complexity index is 1690. The molecular formula is C25H25F6N5O7S. The van der Waals surface area contributed by atoms with Crippen molar-refractivity contribution in [2.75, 3.05) is 10.5 Å². The van der Waals surface area contributed by atoms with Crippen molar-refractivity contribution in [1.29, 1.82) is 0 Å². The number of sulfonamides is 1. The Morgan fingerprint density at radius 3 is 2.07 bits per heavy atom. The first-order valence-corrected chi connectivity index (χ1v) is 13.9. The molecule has 3 aromatic heterocycles. The summed E-state index contributed by atoms with van der Waals surface area (Å²) in [6.45, 7) is 5.70. The summed E-state index contributed by atoms with van der Waals surface area (Å²) in [5.41, 5.74) is 5.41. The van der Waals surface area contributed by atoms with Gasteiger partial charge in [-0.2, -0.15) is 26.3 Å². The smallest absolute Gasteiger partial charge is 0.475 e. The van der Waals surface area contributed by atoms with Gasteiger partial charge >= 0.3 is 24.3 Å². The van der Waals surface area contributed by atoms with Gasteiger partial charge in [0.15, 0.2) is 11.4 Å².